The first-order valence-electron chi connectivity index (χ1n) is 18.0. The summed E-state index contributed by atoms with van der Waals surface area (Å²) in [7, 11) is 0. The summed E-state index contributed by atoms with van der Waals surface area (Å²) in [5.74, 6) is -1.07. The number of pyridine rings is 1. The number of nitrogens with zero attached hydrogens (tertiary/aromatic N) is 2. The number of benzene rings is 3. The summed E-state index contributed by atoms with van der Waals surface area (Å²) in [6.07, 6.45) is 4.69. The molecule has 0 unspecified atom stereocenters. The monoisotopic (exact) mass is 1260 g/mol. The Hall–Kier alpha value is -1.82. The number of halogens is 6. The molecular weight excluding hydrogens is 1220 g/mol. The van der Waals surface area contributed by atoms with E-state index in [-0.39, 0.29) is 64.5 Å². The van der Waals surface area contributed by atoms with E-state index in [9.17, 15) is 18.8 Å². The van der Waals surface area contributed by atoms with Gasteiger partial charge in [-0.2, -0.15) is 0 Å². The number of para-hydroxylation sites is 1. The van der Waals surface area contributed by atoms with Crippen LogP contribution in [0.5, 0.6) is 0 Å². The summed E-state index contributed by atoms with van der Waals surface area (Å²) < 4.78 is 19.7. The predicted molar refractivity (Wildman–Crippen MR) is 251 cm³/mol. The second-order valence-corrected chi connectivity index (χ2v) is 31.6. The number of aryl methyl sites for hydroxylation is 2. The first kappa shape index (κ1) is 46.2. The topological polar surface area (TPSA) is 101 Å². The zero-order valence-electron chi connectivity index (χ0n) is 31.2. The number of hydrogen-bond acceptors (Lipinski definition) is 7. The van der Waals surface area contributed by atoms with Crippen LogP contribution in [0.1, 0.15) is 65.5 Å². The summed E-state index contributed by atoms with van der Waals surface area (Å²) in [6, 6.07) is 22.7. The Labute approximate surface area is 388 Å². The van der Waals surface area contributed by atoms with Crippen molar-refractivity contribution in [3.05, 3.63) is 134 Å². The Bertz CT molecular complexity index is 2190. The minimum absolute atomic E-state index is 0. The fourth-order valence-corrected chi connectivity index (χ4v) is 8.35. The van der Waals surface area contributed by atoms with E-state index in [1.54, 1.807) is 60.5 Å². The molecule has 5 aromatic rings. The van der Waals surface area contributed by atoms with Crippen LogP contribution in [0.4, 0.5) is 15.8 Å². The Morgan fingerprint density at radius 2 is 1.72 bits per heavy atom. The molecule has 15 heteroatoms. The van der Waals surface area contributed by atoms with Crippen molar-refractivity contribution in [3.63, 3.8) is 0 Å². The quantitative estimate of drug-likeness (QED) is 0.102. The van der Waals surface area contributed by atoms with E-state index in [2.05, 4.69) is 52.8 Å². The molecule has 2 N–H and O–H groups in total. The average molecular weight is 1260 g/mol. The third-order valence-electron chi connectivity index (χ3n) is 10.2. The van der Waals surface area contributed by atoms with Crippen molar-refractivity contribution >= 4 is 113 Å². The number of carbonyl (C=O) groups excluding carboxylic acids is 3. The van der Waals surface area contributed by atoms with Crippen molar-refractivity contribution in [3.8, 4) is 10.4 Å². The fourth-order valence-electron chi connectivity index (χ4n) is 6.98. The van der Waals surface area contributed by atoms with Gasteiger partial charge >= 0.3 is 50.5 Å². The van der Waals surface area contributed by atoms with Crippen LogP contribution in [-0.4, -0.2) is 55.4 Å². The zero-order chi connectivity index (χ0) is 39.8. The Kier molecular flexibility index (Phi) is 17.5. The van der Waals surface area contributed by atoms with Gasteiger partial charge in [-0.25, -0.2) is 9.37 Å². The van der Waals surface area contributed by atoms with Gasteiger partial charge in [0, 0.05) is 67.2 Å². The summed E-state index contributed by atoms with van der Waals surface area (Å²) >= 11 is 12.8. The zero-order valence-corrected chi connectivity index (χ0v) is 41.6. The van der Waals surface area contributed by atoms with Crippen molar-refractivity contribution in [2.75, 3.05) is 43.1 Å². The molecule has 3 aliphatic heterocycles. The van der Waals surface area contributed by atoms with Crippen molar-refractivity contribution in [1.82, 2.24) is 10.3 Å². The molecule has 5 heterocycles. The van der Waals surface area contributed by atoms with Gasteiger partial charge in [0.15, 0.2) is 5.78 Å². The molecule has 0 aliphatic carbocycles. The molecule has 8 nitrogen and oxygen atoms in total. The van der Waals surface area contributed by atoms with Gasteiger partial charge in [0.2, 0.25) is 0 Å². The molecular formula is C42H41ClFI4N4O4S-. The van der Waals surface area contributed by atoms with E-state index in [0.29, 0.717) is 53.3 Å². The van der Waals surface area contributed by atoms with Crippen molar-refractivity contribution < 1.29 is 36.8 Å². The van der Waals surface area contributed by atoms with Crippen molar-refractivity contribution in [2.24, 2.45) is 5.41 Å². The van der Waals surface area contributed by atoms with Crippen LogP contribution in [0.25, 0.3) is 10.4 Å². The number of rotatable bonds is 6. The number of fused-ring (bicyclic) bond motifs is 3. The van der Waals surface area contributed by atoms with Crippen LogP contribution in [0.2, 0.25) is 5.15 Å². The van der Waals surface area contributed by atoms with E-state index in [0.717, 1.165) is 46.0 Å². The average Bonchev–Trinajstić information content (AvgIpc) is 3.55. The van der Waals surface area contributed by atoms with Gasteiger partial charge in [0.05, 0.1) is 16.1 Å². The molecule has 302 valence electrons. The third kappa shape index (κ3) is 11.5. The van der Waals surface area contributed by atoms with Crippen LogP contribution < -0.4 is 28.8 Å². The summed E-state index contributed by atoms with van der Waals surface area (Å²) in [5, 5.41) is 6.24. The van der Waals surface area contributed by atoms with Gasteiger partial charge in [-0.3, -0.25) is 14.4 Å². The maximum atomic E-state index is 14.4. The Morgan fingerprint density at radius 1 is 1.02 bits per heavy atom. The van der Waals surface area contributed by atoms with Crippen molar-refractivity contribution in [2.45, 2.75) is 39.5 Å². The van der Waals surface area contributed by atoms with E-state index in [1.165, 1.54) is 43.3 Å². The number of nitrogens with one attached hydrogen (secondary N) is 2. The number of ether oxygens (including phenoxy) is 1. The number of amides is 2. The molecule has 57 heavy (non-hydrogen) atoms. The van der Waals surface area contributed by atoms with Gasteiger partial charge < -0.3 is 20.3 Å². The standard InChI is InChI=1S/C35H27ClFN3O3S.C7H13NO.I3.HI/c1-20-16-27(33(36)38-19-20)34(42)39-24-12-10-22(11-13-24)35(43)40-15-14-23-17-31(44-32(23)25-7-3-4-9-29(25)40)30(41)18-26-21(2)6-5-8-28(26)37;1-3-9-4-2-7(1)5-8-6-7;1-3-2;/h3-13,16-17,19H,14-15,18H2,1-2H3,(H,39,42);8H,1-6H2;;1H/q;;-1;. The van der Waals surface area contributed by atoms with Crippen LogP contribution in [0, 0.1) is 25.1 Å². The number of carbonyl (C=O) groups is 3. The summed E-state index contributed by atoms with van der Waals surface area (Å²) in [6.45, 7) is 8.49. The number of aromatic nitrogens is 1. The van der Waals surface area contributed by atoms with Crippen LogP contribution in [0.15, 0.2) is 85.1 Å². The first-order chi connectivity index (χ1) is 27.0. The molecule has 2 saturated heterocycles. The first-order valence-corrected chi connectivity index (χ1v) is 31.8. The van der Waals surface area contributed by atoms with E-state index in [4.69, 9.17) is 16.3 Å². The molecule has 0 bridgehead atoms. The summed E-state index contributed by atoms with van der Waals surface area (Å²) in [5.41, 5.74) is 6.50. The van der Waals surface area contributed by atoms with E-state index < -0.39 is 0 Å². The molecule has 2 aromatic heterocycles. The number of Topliss-reactive ketones (excluding diaryl/α,β-unsaturated/α-hetero) is 1. The normalized spacial score (nSPS) is 14.9. The van der Waals surface area contributed by atoms with Crippen LogP contribution in [-0.2, 0) is 17.6 Å². The Balaban J connectivity index is 0.000000408. The number of hydrogen-bond donors (Lipinski definition) is 2. The summed E-state index contributed by atoms with van der Waals surface area (Å²) in [4.78, 5) is 47.1. The molecule has 1 spiro atoms. The maximum absolute atomic E-state index is 14.4. The molecule has 8 rings (SSSR count). The molecule has 0 radical (unpaired) electrons. The van der Waals surface area contributed by atoms with Gasteiger partial charge in [0.1, 0.15) is 11.0 Å². The number of thiophene rings is 1. The van der Waals surface area contributed by atoms with Gasteiger partial charge in [-0.15, -0.1) is 35.3 Å². The molecule has 2 amide bonds. The molecule has 0 saturated carbocycles. The second-order valence-electron chi connectivity index (χ2n) is 14.0. The molecule has 0 atom stereocenters. The molecule has 3 aliphatic rings. The number of anilines is 2. The van der Waals surface area contributed by atoms with Gasteiger partial charge in [0.25, 0.3) is 11.8 Å². The van der Waals surface area contributed by atoms with Crippen LogP contribution in [0.3, 0.4) is 0 Å². The second kappa shape index (κ2) is 21.6. The predicted octanol–water partition coefficient (Wildman–Crippen LogP) is 7.88. The van der Waals surface area contributed by atoms with E-state index >= 15 is 0 Å². The Morgan fingerprint density at radius 3 is 2.37 bits per heavy atom. The molecule has 2 fully saturated rings. The fraction of sp³-hybridized carbons (Fsp3) is 0.286. The van der Waals surface area contributed by atoms with E-state index in [1.807, 2.05) is 37.3 Å². The molecule has 3 aromatic carbocycles. The minimum atomic E-state index is -0.389. The van der Waals surface area contributed by atoms with Gasteiger partial charge in [-0.1, -0.05) is 41.9 Å². The van der Waals surface area contributed by atoms with Crippen molar-refractivity contribution in [1.29, 1.82) is 0 Å². The number of ketones is 1. The van der Waals surface area contributed by atoms with Crippen LogP contribution >= 0.6 is 84.1 Å². The van der Waals surface area contributed by atoms with Gasteiger partial charge in [-0.05, 0) is 109 Å². The SMILES string of the molecule is C1CC2(CCO1)CNC2.Cc1cnc(Cl)c(C(=O)Nc2ccc(C(=O)N3CCc4cc(C(=O)Cc5c(C)cccc5F)sc4-c4ccccc43)cc2)c1.I.I[I-]I. The third-order valence-corrected chi connectivity index (χ3v) is 11.8.